The Bertz CT molecular complexity index is 426. The van der Waals surface area contributed by atoms with Crippen molar-refractivity contribution in [3.63, 3.8) is 0 Å². The van der Waals surface area contributed by atoms with E-state index in [-0.39, 0.29) is 35.8 Å². The number of hydrogen-bond donors (Lipinski definition) is 2. The van der Waals surface area contributed by atoms with Gasteiger partial charge in [0.25, 0.3) is 0 Å². The molecule has 2 aliphatic heterocycles. The Labute approximate surface area is 145 Å². The summed E-state index contributed by atoms with van der Waals surface area (Å²) in [6.45, 7) is 6.41. The number of fused-ring (bicyclic) bond motifs is 1. The summed E-state index contributed by atoms with van der Waals surface area (Å²) in [5.41, 5.74) is 5.47. The molecule has 1 amide bonds. The van der Waals surface area contributed by atoms with Gasteiger partial charge in [-0.1, -0.05) is 13.8 Å². The summed E-state index contributed by atoms with van der Waals surface area (Å²) in [7, 11) is 0. The highest BCUT2D eigenvalue weighted by molar-refractivity contribution is 5.89. The van der Waals surface area contributed by atoms with Crippen molar-refractivity contribution in [2.75, 3.05) is 19.8 Å². The third kappa shape index (κ3) is 3.13. The van der Waals surface area contributed by atoms with Crippen LogP contribution in [-0.4, -0.2) is 43.4 Å². The van der Waals surface area contributed by atoms with Crippen LogP contribution in [0.1, 0.15) is 52.4 Å². The molecule has 3 fully saturated rings. The third-order valence-electron chi connectivity index (χ3n) is 6.09. The lowest BCUT2D eigenvalue weighted by Gasteiger charge is -2.65. The van der Waals surface area contributed by atoms with Gasteiger partial charge in [0.1, 0.15) is 5.54 Å². The van der Waals surface area contributed by atoms with Crippen molar-refractivity contribution in [1.29, 1.82) is 0 Å². The second kappa shape index (κ2) is 7.26. The minimum Gasteiger partial charge on any atom is -0.378 e. The first-order chi connectivity index (χ1) is 10.5. The molecule has 0 radical (unpaired) electrons. The van der Waals surface area contributed by atoms with Gasteiger partial charge in [-0.05, 0) is 38.5 Å². The lowest BCUT2D eigenvalue weighted by molar-refractivity contribution is -0.225. The number of carbonyl (C=O) groups excluding carboxylic acids is 1. The quantitative estimate of drug-likeness (QED) is 0.816. The molecule has 0 aromatic rings. The van der Waals surface area contributed by atoms with Gasteiger partial charge in [0.05, 0.1) is 12.2 Å². The van der Waals surface area contributed by atoms with Gasteiger partial charge in [-0.3, -0.25) is 4.79 Å². The topological polar surface area (TPSA) is 73.6 Å². The minimum absolute atomic E-state index is 0. The van der Waals surface area contributed by atoms with Gasteiger partial charge in [-0.2, -0.15) is 0 Å². The molecule has 3 rings (SSSR count). The smallest absolute Gasteiger partial charge is 0.241 e. The Morgan fingerprint density at radius 2 is 1.91 bits per heavy atom. The van der Waals surface area contributed by atoms with E-state index in [1.807, 2.05) is 0 Å². The summed E-state index contributed by atoms with van der Waals surface area (Å²) in [6, 6.07) is 0. The van der Waals surface area contributed by atoms with E-state index in [0.717, 1.165) is 45.3 Å². The van der Waals surface area contributed by atoms with Crippen molar-refractivity contribution in [2.24, 2.45) is 17.1 Å². The van der Waals surface area contributed by atoms with Gasteiger partial charge in [-0.15, -0.1) is 12.4 Å². The lowest BCUT2D eigenvalue weighted by atomic mass is 9.46. The van der Waals surface area contributed by atoms with E-state index in [2.05, 4.69) is 19.2 Å². The predicted octanol–water partition coefficient (Wildman–Crippen LogP) is 2.02. The molecule has 2 saturated heterocycles. The molecule has 3 N–H and O–H groups in total. The van der Waals surface area contributed by atoms with Gasteiger partial charge in [-0.25, -0.2) is 0 Å². The Balaban J connectivity index is 0.00000192. The molecule has 5 nitrogen and oxygen atoms in total. The molecule has 134 valence electrons. The normalized spacial score (nSPS) is 38.7. The largest absolute Gasteiger partial charge is 0.378 e. The highest BCUT2D eigenvalue weighted by Gasteiger charge is 2.70. The fourth-order valence-corrected chi connectivity index (χ4v) is 4.56. The Kier molecular flexibility index (Phi) is 5.99. The number of rotatable bonds is 4. The van der Waals surface area contributed by atoms with Gasteiger partial charge >= 0.3 is 0 Å². The van der Waals surface area contributed by atoms with Gasteiger partial charge in [0.2, 0.25) is 5.91 Å². The molecule has 6 heteroatoms. The van der Waals surface area contributed by atoms with Crippen molar-refractivity contribution < 1.29 is 14.3 Å². The maximum atomic E-state index is 12.7. The number of nitrogens with two attached hydrogens (primary N) is 1. The first kappa shape index (κ1) is 19.0. The first-order valence-electron chi connectivity index (χ1n) is 8.78. The molecule has 3 aliphatic rings. The zero-order chi connectivity index (χ0) is 15.8. The van der Waals surface area contributed by atoms with Crippen molar-refractivity contribution >= 4 is 18.3 Å². The molecule has 23 heavy (non-hydrogen) atoms. The number of carbonyl (C=O) groups is 1. The molecule has 0 aromatic carbocycles. The zero-order valence-corrected chi connectivity index (χ0v) is 15.1. The average Bonchev–Trinajstić information content (AvgIpc) is 2.55. The van der Waals surface area contributed by atoms with Crippen molar-refractivity contribution in [3.05, 3.63) is 0 Å². The van der Waals surface area contributed by atoms with Crippen molar-refractivity contribution in [1.82, 2.24) is 5.32 Å². The van der Waals surface area contributed by atoms with Crippen LogP contribution < -0.4 is 11.1 Å². The van der Waals surface area contributed by atoms with E-state index in [1.165, 1.54) is 6.42 Å². The van der Waals surface area contributed by atoms with Crippen LogP contribution in [0.3, 0.4) is 0 Å². The van der Waals surface area contributed by atoms with E-state index in [9.17, 15) is 4.79 Å². The van der Waals surface area contributed by atoms with Crippen LogP contribution in [0.2, 0.25) is 0 Å². The fraction of sp³-hybridized carbons (Fsp3) is 0.941. The number of ether oxygens (including phenoxy) is 2. The SMILES string of the molecule is CC1(C)C2OCCCC2C1(N)C(=O)NCCC1CCCCO1.Cl. The predicted molar refractivity (Wildman–Crippen MR) is 91.6 cm³/mol. The monoisotopic (exact) mass is 346 g/mol. The summed E-state index contributed by atoms with van der Waals surface area (Å²) in [4.78, 5) is 12.7. The van der Waals surface area contributed by atoms with Gasteiger partial charge in [0, 0.05) is 31.1 Å². The maximum Gasteiger partial charge on any atom is 0.241 e. The van der Waals surface area contributed by atoms with Crippen LogP contribution >= 0.6 is 12.4 Å². The van der Waals surface area contributed by atoms with Crippen LogP contribution in [-0.2, 0) is 14.3 Å². The first-order valence-corrected chi connectivity index (χ1v) is 8.78. The van der Waals surface area contributed by atoms with Crippen LogP contribution in [0.5, 0.6) is 0 Å². The van der Waals surface area contributed by atoms with E-state index in [4.69, 9.17) is 15.2 Å². The van der Waals surface area contributed by atoms with Crippen LogP contribution in [0.25, 0.3) is 0 Å². The summed E-state index contributed by atoms with van der Waals surface area (Å²) >= 11 is 0. The Morgan fingerprint density at radius 1 is 1.17 bits per heavy atom. The highest BCUT2D eigenvalue weighted by Crippen LogP contribution is 2.57. The third-order valence-corrected chi connectivity index (χ3v) is 6.09. The van der Waals surface area contributed by atoms with Gasteiger partial charge < -0.3 is 20.5 Å². The molecule has 1 saturated carbocycles. The van der Waals surface area contributed by atoms with Crippen LogP contribution in [0.15, 0.2) is 0 Å². The highest BCUT2D eigenvalue weighted by atomic mass is 35.5. The molecule has 1 aliphatic carbocycles. The summed E-state index contributed by atoms with van der Waals surface area (Å²) in [5, 5.41) is 3.06. The van der Waals surface area contributed by atoms with E-state index < -0.39 is 5.54 Å². The molecular formula is C17H31ClN2O3. The molecule has 0 spiro atoms. The molecule has 0 bridgehead atoms. The molecule has 2 heterocycles. The van der Waals surface area contributed by atoms with Crippen LogP contribution in [0, 0.1) is 11.3 Å². The summed E-state index contributed by atoms with van der Waals surface area (Å²) in [5.74, 6) is 0.141. The Hall–Kier alpha value is -0.360. The van der Waals surface area contributed by atoms with E-state index in [1.54, 1.807) is 0 Å². The van der Waals surface area contributed by atoms with E-state index >= 15 is 0 Å². The number of hydrogen-bond acceptors (Lipinski definition) is 4. The fourth-order valence-electron chi connectivity index (χ4n) is 4.56. The van der Waals surface area contributed by atoms with Crippen molar-refractivity contribution in [2.45, 2.75) is 70.1 Å². The molecule has 4 unspecified atom stereocenters. The number of amides is 1. The number of halogens is 1. The lowest BCUT2D eigenvalue weighted by Crippen LogP contribution is -2.82. The summed E-state index contributed by atoms with van der Waals surface area (Å²) < 4.78 is 11.6. The zero-order valence-electron chi connectivity index (χ0n) is 14.3. The second-order valence-corrected chi connectivity index (χ2v) is 7.66. The minimum atomic E-state index is -0.800. The maximum absolute atomic E-state index is 12.7. The van der Waals surface area contributed by atoms with Crippen LogP contribution in [0.4, 0.5) is 0 Å². The summed E-state index contributed by atoms with van der Waals surface area (Å²) in [6.07, 6.45) is 6.78. The average molecular weight is 347 g/mol. The Morgan fingerprint density at radius 3 is 2.61 bits per heavy atom. The van der Waals surface area contributed by atoms with Crippen molar-refractivity contribution in [3.8, 4) is 0 Å². The number of nitrogens with one attached hydrogen (secondary N) is 1. The second-order valence-electron chi connectivity index (χ2n) is 7.66. The molecule has 0 aromatic heterocycles. The molecule has 4 atom stereocenters. The molecular weight excluding hydrogens is 316 g/mol. The van der Waals surface area contributed by atoms with Gasteiger partial charge in [0.15, 0.2) is 0 Å². The standard InChI is InChI=1S/C17H30N2O3.ClH/c1-16(2)14-13(7-5-11-22-14)17(16,18)15(20)19-9-8-12-6-3-4-10-21-12;/h12-14H,3-11,18H2,1-2H3,(H,19,20);1H. The van der Waals surface area contributed by atoms with E-state index in [0.29, 0.717) is 12.6 Å².